The van der Waals surface area contributed by atoms with Crippen molar-refractivity contribution in [3.8, 4) is 5.75 Å². The topological polar surface area (TPSA) is 41.6 Å². The highest BCUT2D eigenvalue weighted by Gasteiger charge is 2.28. The number of hydrogen-bond donors (Lipinski definition) is 1. The molecule has 0 bridgehead atoms. The molecule has 1 aromatic carbocycles. The molecule has 4 nitrogen and oxygen atoms in total. The van der Waals surface area contributed by atoms with Crippen LogP contribution in [0, 0.1) is 0 Å². The van der Waals surface area contributed by atoms with E-state index >= 15 is 0 Å². The molecule has 1 aliphatic heterocycles. The fourth-order valence-corrected chi connectivity index (χ4v) is 2.89. The molecular formula is C14H19BrN2O2. The molecule has 1 saturated heterocycles. The van der Waals surface area contributed by atoms with Gasteiger partial charge in [-0.2, -0.15) is 0 Å². The van der Waals surface area contributed by atoms with Crippen LogP contribution in [0.25, 0.3) is 0 Å². The smallest absolute Gasteiger partial charge is 0.237 e. The van der Waals surface area contributed by atoms with Crippen molar-refractivity contribution in [1.29, 1.82) is 0 Å². The van der Waals surface area contributed by atoms with E-state index in [2.05, 4.69) is 32.2 Å². The predicted molar refractivity (Wildman–Crippen MR) is 78.2 cm³/mol. The Kier molecular flexibility index (Phi) is 4.82. The standard InChI is InChI=1S/C14H19BrN2O2/c1-3-12-14(18)16-6-7-17(12)9-10-8-11(15)4-5-13(10)19-2/h4-5,8,12H,3,6-7,9H2,1-2H3,(H,16,18). The first-order valence-electron chi connectivity index (χ1n) is 6.50. The maximum Gasteiger partial charge on any atom is 0.237 e. The molecular weight excluding hydrogens is 308 g/mol. The van der Waals surface area contributed by atoms with Gasteiger partial charge in [-0.15, -0.1) is 0 Å². The van der Waals surface area contributed by atoms with E-state index in [-0.39, 0.29) is 11.9 Å². The average Bonchev–Trinajstić information content (AvgIpc) is 2.39. The van der Waals surface area contributed by atoms with E-state index in [0.29, 0.717) is 6.54 Å². The van der Waals surface area contributed by atoms with Gasteiger partial charge in [-0.1, -0.05) is 22.9 Å². The van der Waals surface area contributed by atoms with Gasteiger partial charge in [-0.05, 0) is 24.6 Å². The van der Waals surface area contributed by atoms with Gasteiger partial charge in [0.05, 0.1) is 13.2 Å². The highest BCUT2D eigenvalue weighted by atomic mass is 79.9. The maximum absolute atomic E-state index is 11.9. The lowest BCUT2D eigenvalue weighted by atomic mass is 10.1. The van der Waals surface area contributed by atoms with E-state index in [1.54, 1.807) is 7.11 Å². The molecule has 1 N–H and O–H groups in total. The highest BCUT2D eigenvalue weighted by molar-refractivity contribution is 9.10. The minimum absolute atomic E-state index is 0.0440. The number of carbonyl (C=O) groups is 1. The van der Waals surface area contributed by atoms with Crippen LogP contribution in [0.3, 0.4) is 0 Å². The van der Waals surface area contributed by atoms with Gasteiger partial charge in [0, 0.05) is 29.7 Å². The fraction of sp³-hybridized carbons (Fsp3) is 0.500. The van der Waals surface area contributed by atoms with Crippen LogP contribution >= 0.6 is 15.9 Å². The second-order valence-electron chi connectivity index (χ2n) is 4.64. The van der Waals surface area contributed by atoms with E-state index in [4.69, 9.17) is 4.74 Å². The Labute approximate surface area is 122 Å². The van der Waals surface area contributed by atoms with Crippen LogP contribution in [0.4, 0.5) is 0 Å². The van der Waals surface area contributed by atoms with Crippen LogP contribution in [0.2, 0.25) is 0 Å². The summed E-state index contributed by atoms with van der Waals surface area (Å²) in [6.45, 7) is 4.36. The number of nitrogens with zero attached hydrogens (tertiary/aromatic N) is 1. The Morgan fingerprint density at radius 3 is 3.00 bits per heavy atom. The lowest BCUT2D eigenvalue weighted by molar-refractivity contribution is -0.129. The average molecular weight is 327 g/mol. The molecule has 104 valence electrons. The van der Waals surface area contributed by atoms with Gasteiger partial charge in [0.1, 0.15) is 5.75 Å². The number of piperazine rings is 1. The molecule has 0 aromatic heterocycles. The largest absolute Gasteiger partial charge is 0.496 e. The minimum Gasteiger partial charge on any atom is -0.496 e. The molecule has 0 radical (unpaired) electrons. The van der Waals surface area contributed by atoms with Crippen molar-refractivity contribution in [2.75, 3.05) is 20.2 Å². The van der Waals surface area contributed by atoms with E-state index in [9.17, 15) is 4.79 Å². The fourth-order valence-electron chi connectivity index (χ4n) is 2.48. The summed E-state index contributed by atoms with van der Waals surface area (Å²) in [6.07, 6.45) is 0.822. The monoisotopic (exact) mass is 326 g/mol. The van der Waals surface area contributed by atoms with Gasteiger partial charge < -0.3 is 10.1 Å². The summed E-state index contributed by atoms with van der Waals surface area (Å²) in [7, 11) is 1.67. The van der Waals surface area contributed by atoms with Crippen molar-refractivity contribution in [3.05, 3.63) is 28.2 Å². The number of rotatable bonds is 4. The Bertz CT molecular complexity index is 465. The molecule has 0 aliphatic carbocycles. The number of carbonyl (C=O) groups excluding carboxylic acids is 1. The number of methoxy groups -OCH3 is 1. The lowest BCUT2D eigenvalue weighted by Gasteiger charge is -2.34. The van der Waals surface area contributed by atoms with Crippen LogP contribution in [0.15, 0.2) is 22.7 Å². The van der Waals surface area contributed by atoms with Crippen molar-refractivity contribution in [3.63, 3.8) is 0 Å². The SMILES string of the molecule is CCC1C(=O)NCCN1Cc1cc(Br)ccc1OC. The number of halogens is 1. The van der Waals surface area contributed by atoms with Gasteiger partial charge in [-0.25, -0.2) is 0 Å². The number of ether oxygens (including phenoxy) is 1. The van der Waals surface area contributed by atoms with Gasteiger partial charge in [0.25, 0.3) is 0 Å². The van der Waals surface area contributed by atoms with Crippen LogP contribution in [-0.2, 0) is 11.3 Å². The quantitative estimate of drug-likeness (QED) is 0.922. The maximum atomic E-state index is 11.9. The molecule has 5 heteroatoms. The number of benzene rings is 1. The number of nitrogens with one attached hydrogen (secondary N) is 1. The van der Waals surface area contributed by atoms with Crippen molar-refractivity contribution in [1.82, 2.24) is 10.2 Å². The Morgan fingerprint density at radius 1 is 1.53 bits per heavy atom. The van der Waals surface area contributed by atoms with Gasteiger partial charge in [0.2, 0.25) is 5.91 Å². The Balaban J connectivity index is 2.19. The third kappa shape index (κ3) is 3.28. The first-order chi connectivity index (χ1) is 9.15. The summed E-state index contributed by atoms with van der Waals surface area (Å²) in [5.41, 5.74) is 1.10. The van der Waals surface area contributed by atoms with Gasteiger partial charge in [-0.3, -0.25) is 9.69 Å². The number of hydrogen-bond acceptors (Lipinski definition) is 3. The molecule has 1 amide bonds. The predicted octanol–water partition coefficient (Wildman–Crippen LogP) is 2.17. The molecule has 1 unspecified atom stereocenters. The highest BCUT2D eigenvalue weighted by Crippen LogP contribution is 2.25. The summed E-state index contributed by atoms with van der Waals surface area (Å²) < 4.78 is 6.42. The third-order valence-corrected chi connectivity index (χ3v) is 3.94. The molecule has 1 aliphatic rings. The van der Waals surface area contributed by atoms with Crippen LogP contribution < -0.4 is 10.1 Å². The van der Waals surface area contributed by atoms with Crippen molar-refractivity contribution < 1.29 is 9.53 Å². The molecule has 2 rings (SSSR count). The van der Waals surface area contributed by atoms with Crippen molar-refractivity contribution in [2.45, 2.75) is 25.9 Å². The first kappa shape index (κ1) is 14.3. The summed E-state index contributed by atoms with van der Waals surface area (Å²) >= 11 is 3.48. The van der Waals surface area contributed by atoms with E-state index < -0.39 is 0 Å². The normalized spacial score (nSPS) is 20.2. The summed E-state index contributed by atoms with van der Waals surface area (Å²) in [5.74, 6) is 0.992. The van der Waals surface area contributed by atoms with Crippen LogP contribution in [0.5, 0.6) is 5.75 Å². The van der Waals surface area contributed by atoms with Crippen LogP contribution in [-0.4, -0.2) is 37.0 Å². The summed E-state index contributed by atoms with van der Waals surface area (Å²) in [6, 6.07) is 5.92. The zero-order valence-corrected chi connectivity index (χ0v) is 12.9. The molecule has 0 spiro atoms. The van der Waals surface area contributed by atoms with Crippen molar-refractivity contribution in [2.24, 2.45) is 0 Å². The first-order valence-corrected chi connectivity index (χ1v) is 7.29. The van der Waals surface area contributed by atoms with Crippen molar-refractivity contribution >= 4 is 21.8 Å². The Morgan fingerprint density at radius 2 is 2.32 bits per heavy atom. The molecule has 19 heavy (non-hydrogen) atoms. The summed E-state index contributed by atoms with van der Waals surface area (Å²) in [5, 5.41) is 2.92. The van der Waals surface area contributed by atoms with E-state index in [0.717, 1.165) is 35.3 Å². The molecule has 1 fully saturated rings. The third-order valence-electron chi connectivity index (χ3n) is 3.44. The zero-order chi connectivity index (χ0) is 13.8. The summed E-state index contributed by atoms with van der Waals surface area (Å²) in [4.78, 5) is 14.1. The second kappa shape index (κ2) is 6.39. The van der Waals surface area contributed by atoms with E-state index in [1.807, 2.05) is 19.1 Å². The molecule has 1 heterocycles. The molecule has 0 saturated carbocycles. The van der Waals surface area contributed by atoms with Gasteiger partial charge in [0.15, 0.2) is 0 Å². The second-order valence-corrected chi connectivity index (χ2v) is 5.56. The molecule has 1 atom stereocenters. The Hall–Kier alpha value is -1.07. The van der Waals surface area contributed by atoms with Crippen LogP contribution in [0.1, 0.15) is 18.9 Å². The molecule has 1 aromatic rings. The minimum atomic E-state index is -0.0440. The van der Waals surface area contributed by atoms with Gasteiger partial charge >= 0.3 is 0 Å². The zero-order valence-electron chi connectivity index (χ0n) is 11.3. The lowest BCUT2D eigenvalue weighted by Crippen LogP contribution is -2.54. The van der Waals surface area contributed by atoms with E-state index in [1.165, 1.54) is 0 Å². The number of amides is 1.